The standard InChI is InChI=1S/Ca.Na.H3O4P.H2O.Zn.3H/c;;1-5(2,3)4;;;;;/h;;(H3,1,2,3,4);1H2;;;;/q+2;+1;;;;3*-1. The van der Waals surface area contributed by atoms with Crippen molar-refractivity contribution in [3.8, 4) is 0 Å². The van der Waals surface area contributed by atoms with Crippen LogP contribution in [0.2, 0.25) is 0 Å². The zero-order valence-corrected chi connectivity index (χ0v) is 13.2. The first kappa shape index (κ1) is 29.7. The molecular weight excluding hydrogens is 239 g/mol. The van der Waals surface area contributed by atoms with E-state index in [1.807, 2.05) is 0 Å². The van der Waals surface area contributed by atoms with Crippen molar-refractivity contribution in [2.45, 2.75) is 0 Å². The van der Waals surface area contributed by atoms with Crippen LogP contribution in [0.4, 0.5) is 0 Å². The average Bonchev–Trinajstić information content (AvgIpc) is 0.722. The molecule has 0 fully saturated rings. The minimum absolute atomic E-state index is 0. The predicted molar refractivity (Wildman–Crippen MR) is 27.0 cm³/mol. The molecule has 0 amide bonds. The summed E-state index contributed by atoms with van der Waals surface area (Å²) in [5.74, 6) is 0. The minimum Gasteiger partial charge on any atom is -1.00 e. The van der Waals surface area contributed by atoms with Gasteiger partial charge >= 0.3 is 75.1 Å². The van der Waals surface area contributed by atoms with Gasteiger partial charge in [-0.2, -0.15) is 0 Å². The van der Waals surface area contributed by atoms with Gasteiger partial charge in [-0.15, -0.1) is 0 Å². The molecule has 0 aliphatic heterocycles. The van der Waals surface area contributed by atoms with E-state index in [2.05, 4.69) is 0 Å². The normalized spacial score (nSPS) is 6.56. The van der Waals surface area contributed by atoms with Gasteiger partial charge in [0, 0.05) is 19.5 Å². The quantitative estimate of drug-likeness (QED) is 0.295. The molecule has 0 heterocycles. The first-order valence-electron chi connectivity index (χ1n) is 0.783. The molecular formula is H8CaNaO5PZn. The molecule has 0 bridgehead atoms. The van der Waals surface area contributed by atoms with Crippen LogP contribution in [0, 0.1) is 0 Å². The Labute approximate surface area is 122 Å². The minimum atomic E-state index is -4.64. The fourth-order valence-electron chi connectivity index (χ4n) is 0. The second-order valence-corrected chi connectivity index (χ2v) is 1.54. The van der Waals surface area contributed by atoms with Crippen LogP contribution in [0.3, 0.4) is 0 Å². The zero-order chi connectivity index (χ0) is 4.50. The molecule has 0 spiro atoms. The van der Waals surface area contributed by atoms with Gasteiger partial charge in [0.1, 0.15) is 0 Å². The second-order valence-electron chi connectivity index (χ2n) is 0.513. The van der Waals surface area contributed by atoms with Crippen molar-refractivity contribution >= 4 is 45.6 Å². The molecule has 0 aromatic rings. The molecule has 0 saturated carbocycles. The van der Waals surface area contributed by atoms with Crippen molar-refractivity contribution in [2.24, 2.45) is 0 Å². The van der Waals surface area contributed by atoms with E-state index in [0.717, 1.165) is 0 Å². The summed E-state index contributed by atoms with van der Waals surface area (Å²) in [4.78, 5) is 21.6. The average molecular weight is 247 g/mol. The van der Waals surface area contributed by atoms with Crippen LogP contribution in [-0.4, -0.2) is 57.9 Å². The van der Waals surface area contributed by atoms with Crippen molar-refractivity contribution in [1.29, 1.82) is 0 Å². The van der Waals surface area contributed by atoms with Gasteiger partial charge in [-0.25, -0.2) is 4.57 Å². The van der Waals surface area contributed by atoms with E-state index in [1.54, 1.807) is 0 Å². The topological polar surface area (TPSA) is 109 Å². The van der Waals surface area contributed by atoms with Crippen LogP contribution >= 0.6 is 7.82 Å². The first-order valence-corrected chi connectivity index (χ1v) is 2.35. The fraction of sp³-hybridized carbons (Fsp3) is 0. The number of hydrogen-bond donors (Lipinski definition) is 3. The second kappa shape index (κ2) is 13.5. The van der Waals surface area contributed by atoms with Crippen LogP contribution in [0.25, 0.3) is 0 Å². The van der Waals surface area contributed by atoms with Gasteiger partial charge in [0.15, 0.2) is 0 Å². The molecule has 0 unspecified atom stereocenters. The van der Waals surface area contributed by atoms with Gasteiger partial charge in [-0.1, -0.05) is 0 Å². The van der Waals surface area contributed by atoms with Crippen molar-refractivity contribution < 1.29 is 78.0 Å². The third-order valence-electron chi connectivity index (χ3n) is 0. The monoisotopic (exact) mass is 246 g/mol. The van der Waals surface area contributed by atoms with Crippen LogP contribution in [0.1, 0.15) is 4.28 Å². The van der Waals surface area contributed by atoms with Crippen LogP contribution in [0.15, 0.2) is 0 Å². The van der Waals surface area contributed by atoms with Gasteiger partial charge < -0.3 is 24.4 Å². The van der Waals surface area contributed by atoms with Crippen molar-refractivity contribution in [3.63, 3.8) is 0 Å². The molecule has 0 aromatic heterocycles. The van der Waals surface area contributed by atoms with E-state index in [0.29, 0.717) is 0 Å². The molecule has 9 heteroatoms. The maximum absolute atomic E-state index is 8.88. The van der Waals surface area contributed by atoms with Crippen molar-refractivity contribution in [2.75, 3.05) is 0 Å². The van der Waals surface area contributed by atoms with E-state index < -0.39 is 7.82 Å². The number of rotatable bonds is 0. The molecule has 0 radical (unpaired) electrons. The number of phosphoric acid groups is 1. The predicted octanol–water partition coefficient (Wildman–Crippen LogP) is -4.80. The summed E-state index contributed by atoms with van der Waals surface area (Å²) in [7, 11) is -4.64. The van der Waals surface area contributed by atoms with E-state index in [1.165, 1.54) is 0 Å². The molecule has 0 rings (SSSR count). The zero-order valence-electron chi connectivity index (χ0n) is 8.11. The first-order chi connectivity index (χ1) is 2.00. The SMILES string of the molecule is O.O=P(O)(O)O.[Ca+2].[H-].[H-].[H-].[Na+].[Zn]. The summed E-state index contributed by atoms with van der Waals surface area (Å²) in [6, 6.07) is 0. The summed E-state index contributed by atoms with van der Waals surface area (Å²) in [6.45, 7) is 0. The molecule has 5 nitrogen and oxygen atoms in total. The molecule has 0 saturated heterocycles. The van der Waals surface area contributed by atoms with E-state index in [9.17, 15) is 0 Å². The third kappa shape index (κ3) is 101. The maximum Gasteiger partial charge on any atom is 2.00 e. The fourth-order valence-corrected chi connectivity index (χ4v) is 0. The Morgan fingerprint density at radius 2 is 1.22 bits per heavy atom. The number of hydrogen-bond acceptors (Lipinski definition) is 1. The molecule has 48 valence electrons. The van der Waals surface area contributed by atoms with Crippen molar-refractivity contribution in [1.82, 2.24) is 0 Å². The van der Waals surface area contributed by atoms with E-state index in [-0.39, 0.29) is 96.5 Å². The Hall–Kier alpha value is 2.95. The molecule has 9 heavy (non-hydrogen) atoms. The third-order valence-corrected chi connectivity index (χ3v) is 0. The van der Waals surface area contributed by atoms with Crippen molar-refractivity contribution in [3.05, 3.63) is 0 Å². The molecule has 0 aliphatic carbocycles. The van der Waals surface area contributed by atoms with Crippen LogP contribution < -0.4 is 29.6 Å². The van der Waals surface area contributed by atoms with Gasteiger partial charge in [0.2, 0.25) is 0 Å². The Morgan fingerprint density at radius 1 is 1.22 bits per heavy atom. The molecule has 5 N–H and O–H groups in total. The van der Waals surface area contributed by atoms with Crippen LogP contribution in [0.5, 0.6) is 0 Å². The van der Waals surface area contributed by atoms with Gasteiger partial charge in [-0.3, -0.25) is 0 Å². The Balaban J connectivity index is -0.00000000381. The van der Waals surface area contributed by atoms with E-state index >= 15 is 0 Å². The largest absolute Gasteiger partial charge is 2.00 e. The van der Waals surface area contributed by atoms with Gasteiger partial charge in [-0.05, 0) is 0 Å². The van der Waals surface area contributed by atoms with Gasteiger partial charge in [0.05, 0.1) is 0 Å². The smallest absolute Gasteiger partial charge is 1.00 e. The molecule has 0 aliphatic rings. The summed E-state index contributed by atoms with van der Waals surface area (Å²) >= 11 is 0. The summed E-state index contributed by atoms with van der Waals surface area (Å²) in [5, 5.41) is 0. The summed E-state index contributed by atoms with van der Waals surface area (Å²) in [6.07, 6.45) is 0. The van der Waals surface area contributed by atoms with Crippen LogP contribution in [-0.2, 0) is 24.0 Å². The Bertz CT molecular complexity index is 72.8. The summed E-state index contributed by atoms with van der Waals surface area (Å²) < 4.78 is 8.88. The summed E-state index contributed by atoms with van der Waals surface area (Å²) in [5.41, 5.74) is 0. The molecule has 0 atom stereocenters. The Kier molecular flexibility index (Phi) is 44.6. The Morgan fingerprint density at radius 3 is 1.22 bits per heavy atom. The van der Waals surface area contributed by atoms with Gasteiger partial charge in [0.25, 0.3) is 0 Å². The van der Waals surface area contributed by atoms with E-state index in [4.69, 9.17) is 19.2 Å². The maximum atomic E-state index is 8.88. The molecule has 0 aromatic carbocycles.